The molecule has 0 spiro atoms. The highest BCUT2D eigenvalue weighted by Crippen LogP contribution is 2.29. The molecule has 2 aromatic carbocycles. The first-order valence-corrected chi connectivity index (χ1v) is 9.97. The normalized spacial score (nSPS) is 11.8. The number of ether oxygens (including phenoxy) is 1. The zero-order valence-corrected chi connectivity index (χ0v) is 16.8. The van der Waals surface area contributed by atoms with Crippen LogP contribution < -0.4 is 10.1 Å². The van der Waals surface area contributed by atoms with Crippen molar-refractivity contribution in [2.45, 2.75) is 18.4 Å². The number of carbonyl (C=O) groups excluding carboxylic acids is 1. The Morgan fingerprint density at radius 1 is 1.21 bits per heavy atom. The molecule has 0 atom stereocenters. The Balaban J connectivity index is 1.95. The van der Waals surface area contributed by atoms with E-state index in [4.69, 9.17) is 4.74 Å². The van der Waals surface area contributed by atoms with Gasteiger partial charge >= 0.3 is 0 Å². The molecular weight excluding hydrogens is 382 g/mol. The van der Waals surface area contributed by atoms with Gasteiger partial charge in [0.1, 0.15) is 11.3 Å². The fraction of sp³-hybridized carbons (Fsp3) is 0.278. The summed E-state index contributed by atoms with van der Waals surface area (Å²) < 4.78 is 32.8. The van der Waals surface area contributed by atoms with Crippen molar-refractivity contribution in [2.75, 3.05) is 26.5 Å². The number of amides is 1. The van der Waals surface area contributed by atoms with Gasteiger partial charge in [-0.25, -0.2) is 17.4 Å². The van der Waals surface area contributed by atoms with Crippen molar-refractivity contribution < 1.29 is 17.9 Å². The van der Waals surface area contributed by atoms with Gasteiger partial charge in [-0.1, -0.05) is 5.21 Å². The second kappa shape index (κ2) is 7.56. The SMILES string of the molecule is CCn1nnc2cc(C(=O)Nc3cc(S(=O)(=O)N(C)C)ccc3OC)ccc21. The van der Waals surface area contributed by atoms with Crippen LogP contribution in [0, 0.1) is 0 Å². The average molecular weight is 403 g/mol. The summed E-state index contributed by atoms with van der Waals surface area (Å²) in [7, 11) is 0.678. The van der Waals surface area contributed by atoms with E-state index >= 15 is 0 Å². The van der Waals surface area contributed by atoms with E-state index in [2.05, 4.69) is 15.6 Å². The van der Waals surface area contributed by atoms with Gasteiger partial charge in [0, 0.05) is 26.2 Å². The number of nitrogens with zero attached hydrogens (tertiary/aromatic N) is 4. The highest BCUT2D eigenvalue weighted by Gasteiger charge is 2.20. The molecule has 0 fully saturated rings. The summed E-state index contributed by atoms with van der Waals surface area (Å²) in [6.07, 6.45) is 0. The molecule has 0 saturated carbocycles. The smallest absolute Gasteiger partial charge is 0.255 e. The Kier molecular flexibility index (Phi) is 5.34. The quantitative estimate of drug-likeness (QED) is 0.674. The number of fused-ring (bicyclic) bond motifs is 1. The largest absolute Gasteiger partial charge is 0.495 e. The zero-order chi connectivity index (χ0) is 20.5. The zero-order valence-electron chi connectivity index (χ0n) is 16.0. The first-order chi connectivity index (χ1) is 13.3. The Morgan fingerprint density at radius 2 is 1.96 bits per heavy atom. The monoisotopic (exact) mass is 403 g/mol. The van der Waals surface area contributed by atoms with Crippen LogP contribution in [0.5, 0.6) is 5.75 Å². The fourth-order valence-corrected chi connectivity index (χ4v) is 3.63. The minimum absolute atomic E-state index is 0.0509. The number of aromatic nitrogens is 3. The third-order valence-electron chi connectivity index (χ3n) is 4.27. The second-order valence-electron chi connectivity index (χ2n) is 6.21. The van der Waals surface area contributed by atoms with Gasteiger partial charge in [0.2, 0.25) is 10.0 Å². The van der Waals surface area contributed by atoms with E-state index in [1.807, 2.05) is 6.92 Å². The molecule has 3 rings (SSSR count). The first-order valence-electron chi connectivity index (χ1n) is 8.53. The number of benzene rings is 2. The minimum Gasteiger partial charge on any atom is -0.495 e. The molecule has 0 bridgehead atoms. The van der Waals surface area contributed by atoms with Crippen molar-refractivity contribution >= 4 is 32.7 Å². The Bertz CT molecular complexity index is 1140. The standard InChI is InChI=1S/C18H21N5O4S/c1-5-23-16-8-6-12(10-14(16)20-21-23)18(24)19-15-11-13(7-9-17(15)27-4)28(25,26)22(2)3/h6-11H,5H2,1-4H3,(H,19,24). The number of aryl methyl sites for hydroxylation is 1. The van der Waals surface area contributed by atoms with Crippen LogP contribution in [0.1, 0.15) is 17.3 Å². The van der Waals surface area contributed by atoms with Crippen LogP contribution in [-0.2, 0) is 16.6 Å². The molecule has 148 valence electrons. The lowest BCUT2D eigenvalue weighted by molar-refractivity contribution is 0.102. The van der Waals surface area contributed by atoms with Crippen molar-refractivity contribution in [1.29, 1.82) is 0 Å². The minimum atomic E-state index is -3.65. The Labute approximate surface area is 163 Å². The topological polar surface area (TPSA) is 106 Å². The van der Waals surface area contributed by atoms with Crippen molar-refractivity contribution in [3.05, 3.63) is 42.0 Å². The summed E-state index contributed by atoms with van der Waals surface area (Å²) in [5, 5.41) is 10.8. The lowest BCUT2D eigenvalue weighted by Gasteiger charge is -2.15. The summed E-state index contributed by atoms with van der Waals surface area (Å²) in [5.41, 5.74) is 2.06. The lowest BCUT2D eigenvalue weighted by atomic mass is 10.1. The van der Waals surface area contributed by atoms with E-state index in [0.29, 0.717) is 23.4 Å². The Morgan fingerprint density at radius 3 is 2.61 bits per heavy atom. The number of methoxy groups -OCH3 is 1. The third-order valence-corrected chi connectivity index (χ3v) is 6.08. The number of nitrogens with one attached hydrogen (secondary N) is 1. The van der Waals surface area contributed by atoms with E-state index in [9.17, 15) is 13.2 Å². The highest BCUT2D eigenvalue weighted by atomic mass is 32.2. The fourth-order valence-electron chi connectivity index (χ4n) is 2.70. The molecule has 1 heterocycles. The summed E-state index contributed by atoms with van der Waals surface area (Å²) in [6, 6.07) is 9.38. The molecule has 1 N–H and O–H groups in total. The predicted octanol–water partition coefficient (Wildman–Crippen LogP) is 1.96. The van der Waals surface area contributed by atoms with Gasteiger partial charge in [0.15, 0.2) is 0 Å². The van der Waals surface area contributed by atoms with Crippen molar-refractivity contribution in [3.8, 4) is 5.75 Å². The molecule has 0 radical (unpaired) electrons. The van der Waals surface area contributed by atoms with Crippen LogP contribution in [0.15, 0.2) is 41.3 Å². The maximum atomic E-state index is 12.7. The number of rotatable bonds is 6. The van der Waals surface area contributed by atoms with Crippen LogP contribution in [0.25, 0.3) is 11.0 Å². The summed E-state index contributed by atoms with van der Waals surface area (Å²) in [6.45, 7) is 2.63. The summed E-state index contributed by atoms with van der Waals surface area (Å²) in [5.74, 6) is -0.0605. The molecule has 3 aromatic rings. The first kappa shape index (κ1) is 19.8. The molecule has 0 saturated heterocycles. The van der Waals surface area contributed by atoms with Crippen LogP contribution in [0.3, 0.4) is 0 Å². The lowest BCUT2D eigenvalue weighted by Crippen LogP contribution is -2.22. The van der Waals surface area contributed by atoms with E-state index in [0.717, 1.165) is 9.82 Å². The molecule has 1 aromatic heterocycles. The molecule has 10 heteroatoms. The molecular formula is C18H21N5O4S. The number of sulfonamides is 1. The number of hydrogen-bond acceptors (Lipinski definition) is 6. The van der Waals surface area contributed by atoms with E-state index in [1.54, 1.807) is 22.9 Å². The Hall–Kier alpha value is -2.98. The van der Waals surface area contributed by atoms with Crippen molar-refractivity contribution in [3.63, 3.8) is 0 Å². The van der Waals surface area contributed by atoms with Crippen LogP contribution in [0.2, 0.25) is 0 Å². The van der Waals surface area contributed by atoms with Crippen LogP contribution in [0.4, 0.5) is 5.69 Å². The number of carbonyl (C=O) groups is 1. The molecule has 28 heavy (non-hydrogen) atoms. The molecule has 0 aliphatic carbocycles. The maximum absolute atomic E-state index is 12.7. The number of anilines is 1. The van der Waals surface area contributed by atoms with E-state index in [-0.39, 0.29) is 10.6 Å². The number of hydrogen-bond donors (Lipinski definition) is 1. The van der Waals surface area contributed by atoms with E-state index in [1.165, 1.54) is 39.4 Å². The van der Waals surface area contributed by atoms with Gasteiger partial charge < -0.3 is 10.1 Å². The molecule has 0 aliphatic rings. The van der Waals surface area contributed by atoms with Gasteiger partial charge in [-0.2, -0.15) is 0 Å². The molecule has 9 nitrogen and oxygen atoms in total. The average Bonchev–Trinajstić information content (AvgIpc) is 3.10. The predicted molar refractivity (Wildman–Crippen MR) is 105 cm³/mol. The summed E-state index contributed by atoms with van der Waals surface area (Å²) >= 11 is 0. The van der Waals surface area contributed by atoms with Crippen LogP contribution >= 0.6 is 0 Å². The van der Waals surface area contributed by atoms with Gasteiger partial charge in [0.05, 0.1) is 23.2 Å². The highest BCUT2D eigenvalue weighted by molar-refractivity contribution is 7.89. The van der Waals surface area contributed by atoms with Gasteiger partial charge in [0.25, 0.3) is 5.91 Å². The van der Waals surface area contributed by atoms with Gasteiger partial charge in [-0.3, -0.25) is 4.79 Å². The maximum Gasteiger partial charge on any atom is 0.255 e. The van der Waals surface area contributed by atoms with E-state index < -0.39 is 15.9 Å². The van der Waals surface area contributed by atoms with Crippen molar-refractivity contribution in [2.24, 2.45) is 0 Å². The molecule has 0 unspecified atom stereocenters. The third kappa shape index (κ3) is 3.56. The van der Waals surface area contributed by atoms with Gasteiger partial charge in [-0.05, 0) is 43.3 Å². The second-order valence-corrected chi connectivity index (χ2v) is 8.36. The summed E-state index contributed by atoms with van der Waals surface area (Å²) in [4.78, 5) is 12.8. The molecule has 1 amide bonds. The van der Waals surface area contributed by atoms with Gasteiger partial charge in [-0.15, -0.1) is 5.10 Å². The van der Waals surface area contributed by atoms with Crippen LogP contribution in [-0.4, -0.2) is 54.8 Å². The van der Waals surface area contributed by atoms with Crippen molar-refractivity contribution in [1.82, 2.24) is 19.3 Å². The molecule has 0 aliphatic heterocycles.